The Morgan fingerprint density at radius 2 is 2.12 bits per heavy atom. The summed E-state index contributed by atoms with van der Waals surface area (Å²) in [5, 5.41) is 4.26. The lowest BCUT2D eigenvalue weighted by atomic mass is 9.94. The SMILES string of the molecule is Cc1cnc2c(C(=O)N(C)CC3CNNC3c3ccccc3)cnn2c1. The van der Waals surface area contributed by atoms with E-state index >= 15 is 0 Å². The zero-order chi connectivity index (χ0) is 18.1. The lowest BCUT2D eigenvalue weighted by Gasteiger charge is -2.24. The highest BCUT2D eigenvalue weighted by atomic mass is 16.2. The Morgan fingerprint density at radius 3 is 2.92 bits per heavy atom. The summed E-state index contributed by atoms with van der Waals surface area (Å²) in [5.41, 5.74) is 9.88. The van der Waals surface area contributed by atoms with Crippen LogP contribution in [0.25, 0.3) is 5.65 Å². The Labute approximate surface area is 152 Å². The van der Waals surface area contributed by atoms with Crippen LogP contribution in [0.5, 0.6) is 0 Å². The molecule has 0 aliphatic carbocycles. The topological polar surface area (TPSA) is 74.6 Å². The van der Waals surface area contributed by atoms with Crippen molar-refractivity contribution in [2.45, 2.75) is 13.0 Å². The number of aryl methyl sites for hydroxylation is 1. The van der Waals surface area contributed by atoms with E-state index in [2.05, 4.69) is 33.1 Å². The molecule has 1 saturated heterocycles. The van der Waals surface area contributed by atoms with Crippen molar-refractivity contribution < 1.29 is 4.79 Å². The van der Waals surface area contributed by atoms with Crippen molar-refractivity contribution in [3.8, 4) is 0 Å². The summed E-state index contributed by atoms with van der Waals surface area (Å²) in [7, 11) is 1.83. The third-order valence-corrected chi connectivity index (χ3v) is 4.82. The van der Waals surface area contributed by atoms with Gasteiger partial charge in [0.25, 0.3) is 5.91 Å². The molecule has 7 heteroatoms. The van der Waals surface area contributed by atoms with Crippen molar-refractivity contribution >= 4 is 11.6 Å². The number of benzene rings is 1. The molecular weight excluding hydrogens is 328 g/mol. The molecule has 1 fully saturated rings. The van der Waals surface area contributed by atoms with Gasteiger partial charge in [0, 0.05) is 38.4 Å². The number of fused-ring (bicyclic) bond motifs is 1. The van der Waals surface area contributed by atoms with Gasteiger partial charge in [0.2, 0.25) is 0 Å². The maximum atomic E-state index is 12.9. The lowest BCUT2D eigenvalue weighted by molar-refractivity contribution is 0.0773. The van der Waals surface area contributed by atoms with Gasteiger partial charge in [0.15, 0.2) is 5.65 Å². The van der Waals surface area contributed by atoms with Crippen LogP contribution in [-0.2, 0) is 0 Å². The molecule has 2 aromatic heterocycles. The number of amides is 1. The summed E-state index contributed by atoms with van der Waals surface area (Å²) in [4.78, 5) is 19.1. The number of hydrogen-bond acceptors (Lipinski definition) is 5. The van der Waals surface area contributed by atoms with E-state index in [1.165, 1.54) is 5.56 Å². The molecule has 0 radical (unpaired) electrons. The molecule has 3 heterocycles. The third-order valence-electron chi connectivity index (χ3n) is 4.82. The van der Waals surface area contributed by atoms with E-state index < -0.39 is 0 Å². The molecule has 1 amide bonds. The fourth-order valence-corrected chi connectivity index (χ4v) is 3.48. The highest BCUT2D eigenvalue weighted by Crippen LogP contribution is 2.25. The van der Waals surface area contributed by atoms with E-state index in [1.807, 2.05) is 38.4 Å². The van der Waals surface area contributed by atoms with Crippen LogP contribution in [0.4, 0.5) is 0 Å². The predicted octanol–water partition coefficient (Wildman–Crippen LogP) is 1.58. The Morgan fingerprint density at radius 1 is 1.31 bits per heavy atom. The zero-order valence-electron chi connectivity index (χ0n) is 14.9. The second-order valence-corrected chi connectivity index (χ2v) is 6.82. The average Bonchev–Trinajstić information content (AvgIpc) is 3.28. The molecule has 1 aliphatic heterocycles. The van der Waals surface area contributed by atoms with Crippen LogP contribution in [0.15, 0.2) is 48.9 Å². The molecule has 0 bridgehead atoms. The average molecular weight is 350 g/mol. The van der Waals surface area contributed by atoms with Crippen LogP contribution in [0, 0.1) is 12.8 Å². The second kappa shape index (κ2) is 6.86. The van der Waals surface area contributed by atoms with Crippen molar-refractivity contribution in [3.05, 3.63) is 65.6 Å². The number of carbonyl (C=O) groups excluding carboxylic acids is 1. The normalized spacial score (nSPS) is 19.8. The van der Waals surface area contributed by atoms with Gasteiger partial charge in [-0.05, 0) is 18.1 Å². The van der Waals surface area contributed by atoms with Crippen LogP contribution in [0.1, 0.15) is 27.5 Å². The highest BCUT2D eigenvalue weighted by molar-refractivity contribution is 5.99. The molecule has 3 aromatic rings. The standard InChI is InChI=1S/C19H22N6O/c1-13-8-20-18-16(10-22-25(18)11-13)19(26)24(2)12-15-9-21-23-17(15)14-6-4-3-5-7-14/h3-8,10-11,15,17,21,23H,9,12H2,1-2H3. The van der Waals surface area contributed by atoms with Crippen LogP contribution in [0.2, 0.25) is 0 Å². The number of hydrogen-bond donors (Lipinski definition) is 2. The number of nitrogens with zero attached hydrogens (tertiary/aromatic N) is 4. The van der Waals surface area contributed by atoms with E-state index in [0.29, 0.717) is 17.8 Å². The van der Waals surface area contributed by atoms with Gasteiger partial charge < -0.3 is 4.90 Å². The first kappa shape index (κ1) is 16.7. The summed E-state index contributed by atoms with van der Waals surface area (Å²) >= 11 is 0. The first-order valence-electron chi connectivity index (χ1n) is 8.72. The zero-order valence-corrected chi connectivity index (χ0v) is 14.9. The number of nitrogens with one attached hydrogen (secondary N) is 2. The van der Waals surface area contributed by atoms with Crippen LogP contribution in [0.3, 0.4) is 0 Å². The fraction of sp³-hybridized carbons (Fsp3) is 0.316. The van der Waals surface area contributed by atoms with Crippen LogP contribution < -0.4 is 10.9 Å². The van der Waals surface area contributed by atoms with Gasteiger partial charge in [-0.2, -0.15) is 5.10 Å². The smallest absolute Gasteiger partial charge is 0.259 e. The Kier molecular flexibility index (Phi) is 4.40. The molecule has 0 spiro atoms. The van der Waals surface area contributed by atoms with Gasteiger partial charge in [-0.15, -0.1) is 0 Å². The van der Waals surface area contributed by atoms with Crippen LogP contribution in [-0.4, -0.2) is 45.5 Å². The number of rotatable bonds is 4. The van der Waals surface area contributed by atoms with Gasteiger partial charge in [-0.3, -0.25) is 10.2 Å². The Balaban J connectivity index is 1.52. The number of carbonyl (C=O) groups is 1. The lowest BCUT2D eigenvalue weighted by Crippen LogP contribution is -2.34. The van der Waals surface area contributed by atoms with E-state index in [9.17, 15) is 4.79 Å². The molecule has 0 saturated carbocycles. The van der Waals surface area contributed by atoms with E-state index in [0.717, 1.165) is 12.1 Å². The van der Waals surface area contributed by atoms with Crippen molar-refractivity contribution in [3.63, 3.8) is 0 Å². The van der Waals surface area contributed by atoms with E-state index in [-0.39, 0.29) is 17.9 Å². The molecular formula is C19H22N6O. The van der Waals surface area contributed by atoms with E-state index in [1.54, 1.807) is 21.8 Å². The summed E-state index contributed by atoms with van der Waals surface area (Å²) in [6.45, 7) is 3.40. The summed E-state index contributed by atoms with van der Waals surface area (Å²) in [6.07, 6.45) is 5.22. The molecule has 26 heavy (non-hydrogen) atoms. The van der Waals surface area contributed by atoms with Crippen molar-refractivity contribution in [1.29, 1.82) is 0 Å². The minimum atomic E-state index is -0.0601. The molecule has 2 unspecified atom stereocenters. The molecule has 134 valence electrons. The minimum absolute atomic E-state index is 0.0601. The fourth-order valence-electron chi connectivity index (χ4n) is 3.48. The largest absolute Gasteiger partial charge is 0.341 e. The molecule has 4 rings (SSSR count). The molecule has 2 atom stereocenters. The summed E-state index contributed by atoms with van der Waals surface area (Å²) in [5.74, 6) is 0.221. The van der Waals surface area contributed by atoms with Gasteiger partial charge in [-0.1, -0.05) is 30.3 Å². The van der Waals surface area contributed by atoms with Gasteiger partial charge in [0.1, 0.15) is 5.56 Å². The van der Waals surface area contributed by atoms with Crippen molar-refractivity contribution in [2.75, 3.05) is 20.1 Å². The molecule has 1 aromatic carbocycles. The first-order chi connectivity index (χ1) is 12.6. The Hall–Kier alpha value is -2.77. The molecule has 7 nitrogen and oxygen atoms in total. The summed E-state index contributed by atoms with van der Waals surface area (Å²) in [6, 6.07) is 10.5. The third kappa shape index (κ3) is 3.07. The molecule has 1 aliphatic rings. The monoisotopic (exact) mass is 350 g/mol. The maximum absolute atomic E-state index is 12.9. The first-order valence-corrected chi connectivity index (χ1v) is 8.72. The minimum Gasteiger partial charge on any atom is -0.341 e. The second-order valence-electron chi connectivity index (χ2n) is 6.82. The van der Waals surface area contributed by atoms with Crippen LogP contribution >= 0.6 is 0 Å². The van der Waals surface area contributed by atoms with E-state index in [4.69, 9.17) is 0 Å². The maximum Gasteiger partial charge on any atom is 0.259 e. The summed E-state index contributed by atoms with van der Waals surface area (Å²) < 4.78 is 1.65. The van der Waals surface area contributed by atoms with Crippen molar-refractivity contribution in [2.24, 2.45) is 5.92 Å². The Bertz CT molecular complexity index is 922. The highest BCUT2D eigenvalue weighted by Gasteiger charge is 2.30. The quantitative estimate of drug-likeness (QED) is 0.747. The molecule has 2 N–H and O–H groups in total. The van der Waals surface area contributed by atoms with Crippen molar-refractivity contribution in [1.82, 2.24) is 30.3 Å². The van der Waals surface area contributed by atoms with Gasteiger partial charge in [-0.25, -0.2) is 14.9 Å². The predicted molar refractivity (Wildman–Crippen MR) is 98.5 cm³/mol. The van der Waals surface area contributed by atoms with Gasteiger partial charge in [0.05, 0.1) is 12.2 Å². The number of hydrazine groups is 1. The van der Waals surface area contributed by atoms with Gasteiger partial charge >= 0.3 is 0 Å². The number of aromatic nitrogens is 3.